The van der Waals surface area contributed by atoms with E-state index in [2.05, 4.69) is 17.2 Å². The molecule has 0 spiro atoms. The second-order valence-corrected chi connectivity index (χ2v) is 4.65. The van der Waals surface area contributed by atoms with E-state index in [-0.39, 0.29) is 5.82 Å². The molecule has 102 valence electrons. The van der Waals surface area contributed by atoms with Gasteiger partial charge in [-0.3, -0.25) is 0 Å². The quantitative estimate of drug-likeness (QED) is 0.822. The first kappa shape index (κ1) is 14.0. The normalized spacial score (nSPS) is 10.9. The van der Waals surface area contributed by atoms with Crippen molar-refractivity contribution < 1.29 is 8.81 Å². The van der Waals surface area contributed by atoms with Gasteiger partial charge < -0.3 is 9.73 Å². The molecule has 0 bridgehead atoms. The third kappa shape index (κ3) is 3.78. The van der Waals surface area contributed by atoms with Crippen molar-refractivity contribution in [3.05, 3.63) is 41.1 Å². The predicted molar refractivity (Wildman–Crippen MR) is 73.8 cm³/mol. The van der Waals surface area contributed by atoms with Gasteiger partial charge in [-0.2, -0.15) is 0 Å². The first-order valence-corrected chi connectivity index (χ1v) is 6.69. The Kier molecular flexibility index (Phi) is 4.93. The van der Waals surface area contributed by atoms with Gasteiger partial charge in [0.1, 0.15) is 5.82 Å². The first-order valence-electron chi connectivity index (χ1n) is 6.31. The maximum atomic E-state index is 13.0. The van der Waals surface area contributed by atoms with Crippen LogP contribution in [0.3, 0.4) is 0 Å². The number of hydrogen-bond donors (Lipinski definition) is 1. The summed E-state index contributed by atoms with van der Waals surface area (Å²) in [4.78, 5) is 4.19. The fraction of sp³-hybridized carbons (Fsp3) is 0.357. The van der Waals surface area contributed by atoms with Crippen molar-refractivity contribution in [3.63, 3.8) is 0 Å². The van der Waals surface area contributed by atoms with Crippen LogP contribution < -0.4 is 5.32 Å². The zero-order chi connectivity index (χ0) is 13.7. The van der Waals surface area contributed by atoms with E-state index in [1.54, 1.807) is 12.3 Å². The summed E-state index contributed by atoms with van der Waals surface area (Å²) in [5.41, 5.74) is 0.656. The number of hydrogen-bond acceptors (Lipinski definition) is 3. The molecule has 0 aliphatic rings. The summed E-state index contributed by atoms with van der Waals surface area (Å²) < 4.78 is 18.6. The molecular formula is C14H16ClFN2O. The second kappa shape index (κ2) is 6.68. The Morgan fingerprint density at radius 3 is 2.95 bits per heavy atom. The minimum absolute atomic E-state index is 0.326. The van der Waals surface area contributed by atoms with Crippen molar-refractivity contribution in [2.75, 3.05) is 13.1 Å². The van der Waals surface area contributed by atoms with Crippen molar-refractivity contribution in [2.45, 2.75) is 19.8 Å². The maximum Gasteiger partial charge on any atom is 0.196 e. The zero-order valence-electron chi connectivity index (χ0n) is 10.7. The van der Waals surface area contributed by atoms with Crippen LogP contribution in [0.2, 0.25) is 5.02 Å². The maximum absolute atomic E-state index is 13.0. The van der Waals surface area contributed by atoms with Gasteiger partial charge in [-0.1, -0.05) is 18.5 Å². The molecule has 0 atom stereocenters. The molecule has 0 saturated carbocycles. The van der Waals surface area contributed by atoms with Crippen LogP contribution in [-0.2, 0) is 6.42 Å². The van der Waals surface area contributed by atoms with Crippen molar-refractivity contribution >= 4 is 11.6 Å². The molecule has 0 aliphatic carbocycles. The highest BCUT2D eigenvalue weighted by Gasteiger charge is 2.10. The fourth-order valence-corrected chi connectivity index (χ4v) is 2.00. The summed E-state index contributed by atoms with van der Waals surface area (Å²) >= 11 is 5.98. The monoisotopic (exact) mass is 282 g/mol. The van der Waals surface area contributed by atoms with Crippen molar-refractivity contribution in [1.29, 1.82) is 0 Å². The molecule has 1 heterocycles. The highest BCUT2D eigenvalue weighted by Crippen LogP contribution is 2.28. The van der Waals surface area contributed by atoms with Crippen molar-refractivity contribution in [3.8, 4) is 11.3 Å². The Balaban J connectivity index is 2.04. The Morgan fingerprint density at radius 1 is 1.37 bits per heavy atom. The lowest BCUT2D eigenvalue weighted by Crippen LogP contribution is -2.17. The number of aromatic nitrogens is 1. The SMILES string of the molecule is CCCNCCc1ncc(-c2ccc(F)cc2Cl)o1. The zero-order valence-corrected chi connectivity index (χ0v) is 11.5. The Bertz CT molecular complexity index is 542. The summed E-state index contributed by atoms with van der Waals surface area (Å²) in [6.45, 7) is 3.93. The van der Waals surface area contributed by atoms with Gasteiger partial charge in [-0.15, -0.1) is 0 Å². The summed E-state index contributed by atoms with van der Waals surface area (Å²) in [6, 6.07) is 4.21. The molecule has 1 aromatic heterocycles. The lowest BCUT2D eigenvalue weighted by molar-refractivity contribution is 0.495. The molecule has 0 radical (unpaired) electrons. The van der Waals surface area contributed by atoms with E-state index >= 15 is 0 Å². The topological polar surface area (TPSA) is 38.1 Å². The third-order valence-electron chi connectivity index (χ3n) is 2.69. The van der Waals surface area contributed by atoms with Crippen LogP contribution in [0.25, 0.3) is 11.3 Å². The van der Waals surface area contributed by atoms with Gasteiger partial charge in [0.05, 0.1) is 11.2 Å². The van der Waals surface area contributed by atoms with Crippen molar-refractivity contribution in [1.82, 2.24) is 10.3 Å². The highest BCUT2D eigenvalue weighted by atomic mass is 35.5. The molecule has 2 aromatic rings. The summed E-state index contributed by atoms with van der Waals surface area (Å²) in [5, 5.41) is 3.60. The molecule has 0 saturated heterocycles. The van der Waals surface area contributed by atoms with Gasteiger partial charge in [0.25, 0.3) is 0 Å². The molecule has 3 nitrogen and oxygen atoms in total. The van der Waals surface area contributed by atoms with E-state index in [0.717, 1.165) is 25.9 Å². The highest BCUT2D eigenvalue weighted by molar-refractivity contribution is 6.33. The Hall–Kier alpha value is -1.39. The van der Waals surface area contributed by atoms with Crippen LogP contribution in [0, 0.1) is 5.82 Å². The van der Waals surface area contributed by atoms with Gasteiger partial charge >= 0.3 is 0 Å². The molecule has 0 amide bonds. The lowest BCUT2D eigenvalue weighted by Gasteiger charge is -2.01. The van der Waals surface area contributed by atoms with E-state index in [4.69, 9.17) is 16.0 Å². The minimum Gasteiger partial charge on any atom is -0.441 e. The molecule has 19 heavy (non-hydrogen) atoms. The lowest BCUT2D eigenvalue weighted by atomic mass is 10.2. The first-order chi connectivity index (χ1) is 9.20. The van der Waals surface area contributed by atoms with Gasteiger partial charge in [0.15, 0.2) is 11.7 Å². The summed E-state index contributed by atoms with van der Waals surface area (Å²) in [5.74, 6) is 0.853. The second-order valence-electron chi connectivity index (χ2n) is 4.24. The number of benzene rings is 1. The van der Waals surface area contributed by atoms with E-state index in [1.165, 1.54) is 12.1 Å². The standard InChI is InChI=1S/C14H16ClFN2O/c1-2-6-17-7-5-14-18-9-13(19-14)11-4-3-10(16)8-12(11)15/h3-4,8-9,17H,2,5-7H2,1H3. The Morgan fingerprint density at radius 2 is 2.21 bits per heavy atom. The van der Waals surface area contributed by atoms with Gasteiger partial charge in [0.2, 0.25) is 0 Å². The smallest absolute Gasteiger partial charge is 0.196 e. The van der Waals surface area contributed by atoms with E-state index in [9.17, 15) is 4.39 Å². The molecule has 2 rings (SSSR count). The fourth-order valence-electron chi connectivity index (χ4n) is 1.74. The number of rotatable bonds is 6. The van der Waals surface area contributed by atoms with Crippen LogP contribution in [0.1, 0.15) is 19.2 Å². The number of halogens is 2. The van der Waals surface area contributed by atoms with Crippen LogP contribution in [0.5, 0.6) is 0 Å². The van der Waals surface area contributed by atoms with Crippen LogP contribution in [0.15, 0.2) is 28.8 Å². The van der Waals surface area contributed by atoms with Crippen LogP contribution in [-0.4, -0.2) is 18.1 Å². The van der Waals surface area contributed by atoms with E-state index < -0.39 is 0 Å². The number of oxazole rings is 1. The molecule has 1 N–H and O–H groups in total. The number of nitrogens with one attached hydrogen (secondary N) is 1. The average molecular weight is 283 g/mol. The van der Waals surface area contributed by atoms with E-state index in [1.807, 2.05) is 0 Å². The molecule has 1 aromatic carbocycles. The van der Waals surface area contributed by atoms with Crippen molar-refractivity contribution in [2.24, 2.45) is 0 Å². The molecular weight excluding hydrogens is 267 g/mol. The molecule has 5 heteroatoms. The van der Waals surface area contributed by atoms with Gasteiger partial charge in [-0.25, -0.2) is 9.37 Å². The summed E-state index contributed by atoms with van der Waals surface area (Å²) in [6.07, 6.45) is 3.44. The largest absolute Gasteiger partial charge is 0.441 e. The molecule has 0 fully saturated rings. The van der Waals surface area contributed by atoms with Crippen LogP contribution >= 0.6 is 11.6 Å². The van der Waals surface area contributed by atoms with Gasteiger partial charge in [0, 0.05) is 18.5 Å². The molecule has 0 unspecified atom stereocenters. The average Bonchev–Trinajstić information content (AvgIpc) is 2.83. The Labute approximate surface area is 116 Å². The van der Waals surface area contributed by atoms with Gasteiger partial charge in [-0.05, 0) is 31.2 Å². The summed E-state index contributed by atoms with van der Waals surface area (Å²) in [7, 11) is 0. The third-order valence-corrected chi connectivity index (χ3v) is 3.01. The predicted octanol–water partition coefficient (Wildman–Crippen LogP) is 3.68. The van der Waals surface area contributed by atoms with E-state index in [0.29, 0.717) is 22.2 Å². The molecule has 0 aliphatic heterocycles. The number of nitrogens with zero attached hydrogens (tertiary/aromatic N) is 1. The minimum atomic E-state index is -0.364. The van der Waals surface area contributed by atoms with Crippen LogP contribution in [0.4, 0.5) is 4.39 Å².